The van der Waals surface area contributed by atoms with Crippen molar-refractivity contribution in [2.45, 2.75) is 406 Å². The summed E-state index contributed by atoms with van der Waals surface area (Å²) in [5.74, 6) is -0.859. The Balaban J connectivity index is 4.23. The summed E-state index contributed by atoms with van der Waals surface area (Å²) in [6.45, 7) is 6.67. The molecule has 0 fully saturated rings. The van der Waals surface area contributed by atoms with E-state index in [0.717, 1.165) is 77.0 Å². The van der Waals surface area contributed by atoms with Gasteiger partial charge in [-0.3, -0.25) is 14.4 Å². The molecular formula is C76H140O6. The number of ether oxygens (including phenoxy) is 3. The molecule has 1 unspecified atom stereocenters. The zero-order valence-corrected chi connectivity index (χ0v) is 55.3. The monoisotopic (exact) mass is 1150 g/mol. The molecule has 6 nitrogen and oxygen atoms in total. The third-order valence-corrected chi connectivity index (χ3v) is 16.6. The number of esters is 3. The van der Waals surface area contributed by atoms with Crippen LogP contribution in [0.5, 0.6) is 0 Å². The molecule has 0 aliphatic carbocycles. The van der Waals surface area contributed by atoms with E-state index >= 15 is 0 Å². The Hall–Kier alpha value is -2.63. The van der Waals surface area contributed by atoms with Crippen LogP contribution in [0.15, 0.2) is 48.6 Å². The first kappa shape index (κ1) is 79.4. The van der Waals surface area contributed by atoms with Gasteiger partial charge in [0, 0.05) is 19.3 Å². The number of rotatable bonds is 68. The summed E-state index contributed by atoms with van der Waals surface area (Å²) in [6.07, 6.45) is 90.1. The van der Waals surface area contributed by atoms with Gasteiger partial charge in [-0.2, -0.15) is 0 Å². The van der Waals surface area contributed by atoms with Crippen molar-refractivity contribution in [3.05, 3.63) is 48.6 Å². The molecule has 0 aliphatic heterocycles. The molecule has 0 saturated heterocycles. The fourth-order valence-corrected chi connectivity index (χ4v) is 11.0. The van der Waals surface area contributed by atoms with Gasteiger partial charge in [-0.1, -0.05) is 345 Å². The van der Waals surface area contributed by atoms with Gasteiger partial charge in [-0.15, -0.1) is 0 Å². The Bertz CT molecular complexity index is 1410. The van der Waals surface area contributed by atoms with Crippen LogP contribution in [0.3, 0.4) is 0 Å². The summed E-state index contributed by atoms with van der Waals surface area (Å²) in [4.78, 5) is 38.5. The Morgan fingerprint density at radius 3 is 0.707 bits per heavy atom. The summed E-state index contributed by atoms with van der Waals surface area (Å²) in [5, 5.41) is 0. The highest BCUT2D eigenvalue weighted by Gasteiger charge is 2.19. The molecule has 0 aromatic rings. The SMILES string of the molecule is CCCCCC/C=C\CCCCCCCC(=O)OCC(COC(=O)CCCCCCCCCCCCCCCCCCCCCCCCCCCC)OC(=O)CCCCCCCCCCCC/C=C\C/C=C\C/C=C\CCCCCCC. The molecule has 0 rings (SSSR count). The van der Waals surface area contributed by atoms with E-state index in [1.165, 1.54) is 283 Å². The van der Waals surface area contributed by atoms with Gasteiger partial charge in [0.2, 0.25) is 0 Å². The molecule has 0 saturated carbocycles. The van der Waals surface area contributed by atoms with E-state index in [9.17, 15) is 14.4 Å². The van der Waals surface area contributed by atoms with E-state index < -0.39 is 6.10 Å². The van der Waals surface area contributed by atoms with Gasteiger partial charge in [-0.25, -0.2) is 0 Å². The molecule has 0 spiro atoms. The van der Waals surface area contributed by atoms with Gasteiger partial charge >= 0.3 is 17.9 Å². The van der Waals surface area contributed by atoms with Gasteiger partial charge in [0.05, 0.1) is 0 Å². The minimum atomic E-state index is -0.778. The number of unbranched alkanes of at least 4 members (excludes halogenated alkanes) is 49. The van der Waals surface area contributed by atoms with Gasteiger partial charge in [0.1, 0.15) is 13.2 Å². The van der Waals surface area contributed by atoms with E-state index in [-0.39, 0.29) is 31.1 Å². The van der Waals surface area contributed by atoms with Crippen LogP contribution in [0.25, 0.3) is 0 Å². The minimum Gasteiger partial charge on any atom is -0.462 e. The van der Waals surface area contributed by atoms with E-state index in [4.69, 9.17) is 14.2 Å². The van der Waals surface area contributed by atoms with E-state index in [0.29, 0.717) is 19.3 Å². The van der Waals surface area contributed by atoms with Crippen LogP contribution < -0.4 is 0 Å². The number of hydrogen-bond donors (Lipinski definition) is 0. The normalized spacial score (nSPS) is 12.3. The van der Waals surface area contributed by atoms with Crippen molar-refractivity contribution in [1.82, 2.24) is 0 Å². The average molecular weight is 1150 g/mol. The summed E-state index contributed by atoms with van der Waals surface area (Å²) >= 11 is 0. The van der Waals surface area contributed by atoms with Crippen molar-refractivity contribution < 1.29 is 28.6 Å². The Morgan fingerprint density at radius 1 is 0.244 bits per heavy atom. The topological polar surface area (TPSA) is 78.9 Å². The second-order valence-corrected chi connectivity index (χ2v) is 24.9. The maximum absolute atomic E-state index is 13.0. The molecule has 0 radical (unpaired) electrons. The van der Waals surface area contributed by atoms with E-state index in [2.05, 4.69) is 69.4 Å². The highest BCUT2D eigenvalue weighted by atomic mass is 16.6. The number of hydrogen-bond acceptors (Lipinski definition) is 6. The Kier molecular flexibility index (Phi) is 68.6. The maximum atomic E-state index is 13.0. The lowest BCUT2D eigenvalue weighted by Crippen LogP contribution is -2.30. The first-order valence-electron chi connectivity index (χ1n) is 36.6. The van der Waals surface area contributed by atoms with Crippen LogP contribution in [-0.4, -0.2) is 37.2 Å². The van der Waals surface area contributed by atoms with Crippen LogP contribution in [0.2, 0.25) is 0 Å². The lowest BCUT2D eigenvalue weighted by Gasteiger charge is -2.18. The minimum absolute atomic E-state index is 0.0730. The zero-order valence-electron chi connectivity index (χ0n) is 55.3. The lowest BCUT2D eigenvalue weighted by atomic mass is 10.0. The molecular weight excluding hydrogens is 1010 g/mol. The van der Waals surface area contributed by atoms with Crippen LogP contribution in [0.4, 0.5) is 0 Å². The Morgan fingerprint density at radius 2 is 0.439 bits per heavy atom. The van der Waals surface area contributed by atoms with Crippen molar-refractivity contribution in [3.63, 3.8) is 0 Å². The molecule has 0 heterocycles. The van der Waals surface area contributed by atoms with Crippen molar-refractivity contribution >= 4 is 17.9 Å². The third kappa shape index (κ3) is 68.2. The van der Waals surface area contributed by atoms with E-state index in [1.54, 1.807) is 0 Å². The first-order valence-corrected chi connectivity index (χ1v) is 36.6. The predicted octanol–water partition coefficient (Wildman–Crippen LogP) is 25.3. The third-order valence-electron chi connectivity index (χ3n) is 16.6. The first-order chi connectivity index (χ1) is 40.5. The second-order valence-electron chi connectivity index (χ2n) is 24.9. The molecule has 480 valence electrons. The van der Waals surface area contributed by atoms with Crippen molar-refractivity contribution in [1.29, 1.82) is 0 Å². The highest BCUT2D eigenvalue weighted by molar-refractivity contribution is 5.71. The number of carbonyl (C=O) groups is 3. The second kappa shape index (κ2) is 70.9. The molecule has 0 N–H and O–H groups in total. The molecule has 82 heavy (non-hydrogen) atoms. The molecule has 0 aromatic carbocycles. The largest absolute Gasteiger partial charge is 0.462 e. The van der Waals surface area contributed by atoms with Crippen LogP contribution in [0, 0.1) is 0 Å². The van der Waals surface area contributed by atoms with Crippen LogP contribution >= 0.6 is 0 Å². The van der Waals surface area contributed by atoms with Crippen molar-refractivity contribution in [3.8, 4) is 0 Å². The summed E-state index contributed by atoms with van der Waals surface area (Å²) < 4.78 is 17.0. The Labute approximate surface area is 511 Å². The summed E-state index contributed by atoms with van der Waals surface area (Å²) in [6, 6.07) is 0. The lowest BCUT2D eigenvalue weighted by molar-refractivity contribution is -0.167. The highest BCUT2D eigenvalue weighted by Crippen LogP contribution is 2.19. The molecule has 6 heteroatoms. The van der Waals surface area contributed by atoms with Gasteiger partial charge in [0.15, 0.2) is 6.10 Å². The molecule has 0 amide bonds. The fourth-order valence-electron chi connectivity index (χ4n) is 11.0. The number of carbonyl (C=O) groups excluding carboxylic acids is 3. The summed E-state index contributed by atoms with van der Waals surface area (Å²) in [5.41, 5.74) is 0. The summed E-state index contributed by atoms with van der Waals surface area (Å²) in [7, 11) is 0. The fraction of sp³-hybridized carbons (Fsp3) is 0.855. The van der Waals surface area contributed by atoms with Crippen molar-refractivity contribution in [2.75, 3.05) is 13.2 Å². The standard InChI is InChI=1S/C76H140O6/c1-4-7-10-13-16-19-22-25-27-29-31-33-35-37-39-40-42-44-46-48-51-54-57-60-63-66-69-75(78)81-72-73(71-80-74(77)68-65-62-59-56-53-50-24-21-18-15-12-9-6-3)82-76(79)70-67-64-61-58-55-52-49-47-45-43-41-38-36-34-32-30-28-26-23-20-17-14-11-8-5-2/h21,23-24,26,30,32,36,38,73H,4-20,22,25,27-29,31,33-35,37,39-72H2,1-3H3/b24-21-,26-23-,32-30-,38-36-. The van der Waals surface area contributed by atoms with Crippen molar-refractivity contribution in [2.24, 2.45) is 0 Å². The van der Waals surface area contributed by atoms with Gasteiger partial charge in [0.25, 0.3) is 0 Å². The molecule has 0 bridgehead atoms. The number of allylic oxidation sites excluding steroid dienone is 8. The molecule has 0 aliphatic rings. The molecule has 1 atom stereocenters. The average Bonchev–Trinajstić information content (AvgIpc) is 3.47. The predicted molar refractivity (Wildman–Crippen MR) is 358 cm³/mol. The van der Waals surface area contributed by atoms with Crippen LogP contribution in [0.1, 0.15) is 400 Å². The zero-order chi connectivity index (χ0) is 59.2. The van der Waals surface area contributed by atoms with E-state index in [1.807, 2.05) is 0 Å². The molecule has 0 aromatic heterocycles. The van der Waals surface area contributed by atoms with Gasteiger partial charge in [-0.05, 0) is 83.5 Å². The smallest absolute Gasteiger partial charge is 0.306 e. The van der Waals surface area contributed by atoms with Crippen LogP contribution in [-0.2, 0) is 28.6 Å². The van der Waals surface area contributed by atoms with Gasteiger partial charge < -0.3 is 14.2 Å². The quantitative estimate of drug-likeness (QED) is 0.0261. The maximum Gasteiger partial charge on any atom is 0.306 e.